The van der Waals surface area contributed by atoms with Crippen LogP contribution in [0.15, 0.2) is 18.2 Å². The highest BCUT2D eigenvalue weighted by atomic mass is 19.4. The van der Waals surface area contributed by atoms with Gasteiger partial charge in [0, 0.05) is 6.54 Å². The van der Waals surface area contributed by atoms with Crippen molar-refractivity contribution >= 4 is 0 Å². The Bertz CT molecular complexity index is 396. The van der Waals surface area contributed by atoms with E-state index in [-0.39, 0.29) is 0 Å². The maximum Gasteiger partial charge on any atom is 0.419 e. The normalized spacial score (nSPS) is 16.2. The summed E-state index contributed by atoms with van der Waals surface area (Å²) >= 11 is 0. The second kappa shape index (κ2) is 4.64. The molecule has 5 heteroatoms. The lowest BCUT2D eigenvalue weighted by Crippen LogP contribution is -2.17. The van der Waals surface area contributed by atoms with Gasteiger partial charge >= 0.3 is 6.18 Å². The van der Waals surface area contributed by atoms with Gasteiger partial charge in [-0.3, -0.25) is 0 Å². The minimum absolute atomic E-state index is 0.347. The van der Waals surface area contributed by atoms with Gasteiger partial charge in [-0.1, -0.05) is 6.07 Å². The number of rotatable bonds is 4. The molecule has 0 radical (unpaired) electrons. The molecule has 1 fully saturated rings. The molecular weight excluding hydrogens is 234 g/mol. The van der Waals surface area contributed by atoms with Crippen LogP contribution in [-0.2, 0) is 12.7 Å². The fourth-order valence-electron chi connectivity index (χ4n) is 1.64. The summed E-state index contributed by atoms with van der Waals surface area (Å²) in [5, 5.41) is 3.07. The van der Waals surface area contributed by atoms with Gasteiger partial charge in [0.05, 0.1) is 5.56 Å². The van der Waals surface area contributed by atoms with E-state index in [4.69, 9.17) is 0 Å². The predicted molar refractivity (Wildman–Crippen MR) is 55.8 cm³/mol. The van der Waals surface area contributed by atoms with Crippen LogP contribution >= 0.6 is 0 Å². The van der Waals surface area contributed by atoms with Crippen molar-refractivity contribution in [2.45, 2.75) is 25.6 Å². The summed E-state index contributed by atoms with van der Waals surface area (Å²) in [4.78, 5) is 0. The smallest absolute Gasteiger partial charge is 0.312 e. The van der Waals surface area contributed by atoms with E-state index >= 15 is 0 Å². The van der Waals surface area contributed by atoms with Crippen molar-refractivity contribution in [3.63, 3.8) is 0 Å². The summed E-state index contributed by atoms with van der Waals surface area (Å²) in [6.07, 6.45) is -2.26. The Morgan fingerprint density at radius 1 is 1.24 bits per heavy atom. The second-order valence-corrected chi connectivity index (χ2v) is 4.39. The van der Waals surface area contributed by atoms with Gasteiger partial charge in [0.1, 0.15) is 5.82 Å². The van der Waals surface area contributed by atoms with E-state index in [0.717, 1.165) is 18.7 Å². The predicted octanol–water partition coefficient (Wildman–Crippen LogP) is 3.34. The Labute approximate surface area is 96.8 Å². The van der Waals surface area contributed by atoms with E-state index in [0.29, 0.717) is 18.0 Å². The lowest BCUT2D eigenvalue weighted by Gasteiger charge is -2.10. The molecule has 1 aromatic carbocycles. The van der Waals surface area contributed by atoms with Crippen molar-refractivity contribution in [1.29, 1.82) is 0 Å². The molecule has 0 spiro atoms. The van der Waals surface area contributed by atoms with Crippen LogP contribution in [0.3, 0.4) is 0 Å². The number of nitrogens with one attached hydrogen (secondary N) is 1. The maximum atomic E-state index is 13.0. The zero-order valence-electron chi connectivity index (χ0n) is 9.15. The first-order valence-electron chi connectivity index (χ1n) is 5.53. The van der Waals surface area contributed by atoms with Gasteiger partial charge in [0.2, 0.25) is 0 Å². The van der Waals surface area contributed by atoms with Crippen molar-refractivity contribution in [3.05, 3.63) is 35.1 Å². The van der Waals surface area contributed by atoms with Crippen LogP contribution in [0.4, 0.5) is 17.6 Å². The molecule has 0 atom stereocenters. The van der Waals surface area contributed by atoms with Crippen LogP contribution in [0.1, 0.15) is 24.0 Å². The van der Waals surface area contributed by atoms with E-state index in [1.54, 1.807) is 0 Å². The van der Waals surface area contributed by atoms with Crippen LogP contribution in [0, 0.1) is 11.7 Å². The Hall–Kier alpha value is -1.10. The zero-order chi connectivity index (χ0) is 12.5. The molecule has 17 heavy (non-hydrogen) atoms. The summed E-state index contributed by atoms with van der Waals surface area (Å²) in [7, 11) is 0. The van der Waals surface area contributed by atoms with Crippen LogP contribution in [0.5, 0.6) is 0 Å². The fraction of sp³-hybridized carbons (Fsp3) is 0.500. The minimum atomic E-state index is -4.63. The highest BCUT2D eigenvalue weighted by molar-refractivity contribution is 5.27. The molecule has 1 aliphatic rings. The van der Waals surface area contributed by atoms with E-state index in [1.807, 2.05) is 0 Å². The zero-order valence-corrected chi connectivity index (χ0v) is 9.15. The highest BCUT2D eigenvalue weighted by Crippen LogP contribution is 2.32. The minimum Gasteiger partial charge on any atom is -0.312 e. The third-order valence-corrected chi connectivity index (χ3v) is 2.80. The van der Waals surface area contributed by atoms with Crippen molar-refractivity contribution in [1.82, 2.24) is 5.32 Å². The molecule has 0 unspecified atom stereocenters. The summed E-state index contributed by atoms with van der Waals surface area (Å²) in [5.74, 6) is -0.555. The molecule has 0 aliphatic heterocycles. The van der Waals surface area contributed by atoms with Crippen LogP contribution < -0.4 is 5.32 Å². The molecular formula is C12H13F4N. The van der Waals surface area contributed by atoms with Gasteiger partial charge in [-0.25, -0.2) is 4.39 Å². The van der Waals surface area contributed by atoms with Crippen LogP contribution in [0.25, 0.3) is 0 Å². The summed E-state index contributed by atoms with van der Waals surface area (Å²) in [6, 6.07) is 3.12. The molecule has 0 aromatic heterocycles. The first kappa shape index (κ1) is 12.4. The maximum absolute atomic E-state index is 13.0. The van der Waals surface area contributed by atoms with E-state index in [1.165, 1.54) is 18.9 Å². The average Bonchev–Trinajstić information content (AvgIpc) is 3.03. The molecule has 1 N–H and O–H groups in total. The lowest BCUT2D eigenvalue weighted by molar-refractivity contribution is -0.140. The van der Waals surface area contributed by atoms with Gasteiger partial charge in [-0.2, -0.15) is 13.2 Å². The number of alkyl halides is 3. The third kappa shape index (κ3) is 3.43. The Balaban J connectivity index is 2.01. The van der Waals surface area contributed by atoms with Crippen LogP contribution in [-0.4, -0.2) is 6.54 Å². The number of hydrogen-bond acceptors (Lipinski definition) is 1. The van der Waals surface area contributed by atoms with Crippen molar-refractivity contribution in [2.24, 2.45) is 5.92 Å². The SMILES string of the molecule is Fc1ccc(CNCC2CC2)cc1C(F)(F)F. The quantitative estimate of drug-likeness (QED) is 0.804. The van der Waals surface area contributed by atoms with E-state index < -0.39 is 17.6 Å². The first-order valence-corrected chi connectivity index (χ1v) is 5.53. The monoisotopic (exact) mass is 247 g/mol. The third-order valence-electron chi connectivity index (χ3n) is 2.80. The molecule has 0 bridgehead atoms. The summed E-state index contributed by atoms with van der Waals surface area (Å²) in [5.41, 5.74) is -0.734. The van der Waals surface area contributed by atoms with Gasteiger partial charge in [0.15, 0.2) is 0 Å². The number of halogens is 4. The topological polar surface area (TPSA) is 12.0 Å². The average molecular weight is 247 g/mol. The van der Waals surface area contributed by atoms with E-state index in [2.05, 4.69) is 5.32 Å². The molecule has 1 aliphatic carbocycles. The van der Waals surface area contributed by atoms with Crippen molar-refractivity contribution in [2.75, 3.05) is 6.54 Å². The molecule has 1 aromatic rings. The molecule has 0 amide bonds. The standard InChI is InChI=1S/C12H13F4N/c13-11-4-3-9(5-10(11)12(14,15)16)7-17-6-8-1-2-8/h3-5,8,17H,1-2,6-7H2. The molecule has 2 rings (SSSR count). The van der Waals surface area contributed by atoms with Gasteiger partial charge in [-0.05, 0) is 43.0 Å². The largest absolute Gasteiger partial charge is 0.419 e. The Kier molecular flexibility index (Phi) is 3.38. The Morgan fingerprint density at radius 3 is 2.53 bits per heavy atom. The summed E-state index contributed by atoms with van der Waals surface area (Å²) in [6.45, 7) is 1.17. The van der Waals surface area contributed by atoms with Gasteiger partial charge in [0.25, 0.3) is 0 Å². The second-order valence-electron chi connectivity index (χ2n) is 4.39. The first-order chi connectivity index (χ1) is 7.97. The Morgan fingerprint density at radius 2 is 1.94 bits per heavy atom. The molecule has 0 saturated heterocycles. The highest BCUT2D eigenvalue weighted by Gasteiger charge is 2.34. The van der Waals surface area contributed by atoms with Crippen LogP contribution in [0.2, 0.25) is 0 Å². The fourth-order valence-corrected chi connectivity index (χ4v) is 1.64. The van der Waals surface area contributed by atoms with Gasteiger partial charge < -0.3 is 5.32 Å². The molecule has 1 saturated carbocycles. The van der Waals surface area contributed by atoms with Crippen molar-refractivity contribution < 1.29 is 17.6 Å². The molecule has 94 valence electrons. The number of hydrogen-bond donors (Lipinski definition) is 1. The summed E-state index contributed by atoms with van der Waals surface area (Å²) < 4.78 is 50.3. The van der Waals surface area contributed by atoms with E-state index in [9.17, 15) is 17.6 Å². The molecule has 1 nitrogen and oxygen atoms in total. The van der Waals surface area contributed by atoms with Crippen molar-refractivity contribution in [3.8, 4) is 0 Å². The molecule has 0 heterocycles. The lowest BCUT2D eigenvalue weighted by atomic mass is 10.1. The van der Waals surface area contributed by atoms with Gasteiger partial charge in [-0.15, -0.1) is 0 Å². The number of benzene rings is 1.